The number of carbonyl (C=O) groups excluding carboxylic acids is 1. The van der Waals surface area contributed by atoms with Crippen LogP contribution in [0.5, 0.6) is 0 Å². The second kappa shape index (κ2) is 5.36. The SMILES string of the molecule is NC1(CC(=O)N(CCCO)C2CCC2)CCC1. The first kappa shape index (κ1) is 12.8. The third-order valence-corrected chi connectivity index (χ3v) is 4.25. The molecule has 0 heterocycles. The molecule has 4 nitrogen and oxygen atoms in total. The summed E-state index contributed by atoms with van der Waals surface area (Å²) in [5.74, 6) is 0.199. The topological polar surface area (TPSA) is 66.6 Å². The first-order valence-electron chi connectivity index (χ1n) is 6.84. The molecule has 4 heteroatoms. The van der Waals surface area contributed by atoms with Gasteiger partial charge in [0.25, 0.3) is 0 Å². The Bertz CT molecular complexity index is 273. The molecule has 2 aliphatic rings. The first-order valence-corrected chi connectivity index (χ1v) is 6.84. The minimum Gasteiger partial charge on any atom is -0.396 e. The number of nitrogens with zero attached hydrogens (tertiary/aromatic N) is 1. The predicted molar refractivity (Wildman–Crippen MR) is 66.4 cm³/mol. The minimum absolute atomic E-state index is 0.157. The lowest BCUT2D eigenvalue weighted by atomic mass is 9.75. The Morgan fingerprint density at radius 3 is 2.47 bits per heavy atom. The molecule has 2 fully saturated rings. The monoisotopic (exact) mass is 240 g/mol. The quantitative estimate of drug-likeness (QED) is 0.728. The van der Waals surface area contributed by atoms with E-state index in [-0.39, 0.29) is 18.1 Å². The van der Waals surface area contributed by atoms with Crippen molar-refractivity contribution in [1.82, 2.24) is 4.90 Å². The summed E-state index contributed by atoms with van der Waals surface area (Å²) in [6, 6.07) is 0.415. The summed E-state index contributed by atoms with van der Waals surface area (Å²) in [4.78, 5) is 14.2. The lowest BCUT2D eigenvalue weighted by Gasteiger charge is -2.42. The Morgan fingerprint density at radius 1 is 1.35 bits per heavy atom. The molecule has 0 saturated heterocycles. The molecule has 0 spiro atoms. The van der Waals surface area contributed by atoms with Crippen LogP contribution in [0.1, 0.15) is 51.4 Å². The average Bonchev–Trinajstić information content (AvgIpc) is 2.18. The standard InChI is InChI=1S/C13H24N2O2/c14-13(6-2-7-13)10-12(17)15(8-3-9-16)11-4-1-5-11/h11,16H,1-10,14H2. The number of aliphatic hydroxyl groups is 1. The molecule has 2 saturated carbocycles. The van der Waals surface area contributed by atoms with E-state index in [9.17, 15) is 4.79 Å². The molecule has 0 atom stereocenters. The largest absolute Gasteiger partial charge is 0.396 e. The van der Waals surface area contributed by atoms with E-state index in [0.29, 0.717) is 25.4 Å². The van der Waals surface area contributed by atoms with Crippen molar-refractivity contribution in [1.29, 1.82) is 0 Å². The van der Waals surface area contributed by atoms with Crippen LogP contribution in [0.4, 0.5) is 0 Å². The van der Waals surface area contributed by atoms with Gasteiger partial charge in [-0.2, -0.15) is 0 Å². The van der Waals surface area contributed by atoms with E-state index in [4.69, 9.17) is 10.8 Å². The fourth-order valence-corrected chi connectivity index (χ4v) is 2.66. The van der Waals surface area contributed by atoms with Crippen LogP contribution in [0.25, 0.3) is 0 Å². The van der Waals surface area contributed by atoms with E-state index >= 15 is 0 Å². The zero-order valence-electron chi connectivity index (χ0n) is 10.5. The van der Waals surface area contributed by atoms with E-state index in [1.54, 1.807) is 0 Å². The number of aliphatic hydroxyl groups excluding tert-OH is 1. The second-order valence-electron chi connectivity index (χ2n) is 5.64. The number of nitrogens with two attached hydrogens (primary N) is 1. The number of rotatable bonds is 6. The molecule has 1 amide bonds. The van der Waals surface area contributed by atoms with Crippen molar-refractivity contribution in [2.24, 2.45) is 5.73 Å². The Balaban J connectivity index is 1.86. The Kier molecular flexibility index (Phi) is 4.05. The highest BCUT2D eigenvalue weighted by atomic mass is 16.3. The van der Waals surface area contributed by atoms with Crippen molar-refractivity contribution >= 4 is 5.91 Å². The van der Waals surface area contributed by atoms with Gasteiger partial charge in [-0.3, -0.25) is 4.79 Å². The number of amides is 1. The predicted octanol–water partition coefficient (Wildman–Crippen LogP) is 1.02. The fourth-order valence-electron chi connectivity index (χ4n) is 2.66. The molecule has 0 aromatic carbocycles. The highest BCUT2D eigenvalue weighted by Crippen LogP contribution is 2.34. The summed E-state index contributed by atoms with van der Waals surface area (Å²) in [7, 11) is 0. The summed E-state index contributed by atoms with van der Waals surface area (Å²) >= 11 is 0. The van der Waals surface area contributed by atoms with Crippen LogP contribution >= 0.6 is 0 Å². The van der Waals surface area contributed by atoms with Crippen LogP contribution in [0.3, 0.4) is 0 Å². The van der Waals surface area contributed by atoms with Crippen molar-refractivity contribution < 1.29 is 9.90 Å². The van der Waals surface area contributed by atoms with Gasteiger partial charge in [0.05, 0.1) is 0 Å². The van der Waals surface area contributed by atoms with Crippen LogP contribution in [0.2, 0.25) is 0 Å². The molecule has 98 valence electrons. The van der Waals surface area contributed by atoms with E-state index < -0.39 is 0 Å². The van der Waals surface area contributed by atoms with Gasteiger partial charge in [0, 0.05) is 31.2 Å². The number of hydrogen-bond acceptors (Lipinski definition) is 3. The van der Waals surface area contributed by atoms with Gasteiger partial charge in [-0.1, -0.05) is 0 Å². The Labute approximate surface area is 103 Å². The van der Waals surface area contributed by atoms with Crippen LogP contribution < -0.4 is 5.73 Å². The molecule has 2 aliphatic carbocycles. The summed E-state index contributed by atoms with van der Waals surface area (Å²) in [5.41, 5.74) is 5.91. The van der Waals surface area contributed by atoms with E-state index in [1.807, 2.05) is 4.90 Å². The normalized spacial score (nSPS) is 22.7. The van der Waals surface area contributed by atoms with Gasteiger partial charge in [-0.05, 0) is 44.9 Å². The van der Waals surface area contributed by atoms with E-state index in [1.165, 1.54) is 6.42 Å². The smallest absolute Gasteiger partial charge is 0.224 e. The Morgan fingerprint density at radius 2 is 2.06 bits per heavy atom. The maximum Gasteiger partial charge on any atom is 0.224 e. The van der Waals surface area contributed by atoms with Gasteiger partial charge in [0.2, 0.25) is 5.91 Å². The van der Waals surface area contributed by atoms with Crippen LogP contribution in [0.15, 0.2) is 0 Å². The zero-order valence-corrected chi connectivity index (χ0v) is 10.5. The summed E-state index contributed by atoms with van der Waals surface area (Å²) in [6.45, 7) is 0.848. The summed E-state index contributed by atoms with van der Waals surface area (Å²) in [6.07, 6.45) is 7.76. The number of carbonyl (C=O) groups is 1. The van der Waals surface area contributed by atoms with Crippen molar-refractivity contribution in [2.45, 2.75) is 62.9 Å². The van der Waals surface area contributed by atoms with Crippen molar-refractivity contribution in [3.8, 4) is 0 Å². The van der Waals surface area contributed by atoms with Crippen LogP contribution in [0, 0.1) is 0 Å². The van der Waals surface area contributed by atoms with Crippen LogP contribution in [-0.4, -0.2) is 40.6 Å². The molecule has 17 heavy (non-hydrogen) atoms. The first-order chi connectivity index (χ1) is 8.14. The average molecular weight is 240 g/mol. The van der Waals surface area contributed by atoms with Crippen molar-refractivity contribution in [3.05, 3.63) is 0 Å². The van der Waals surface area contributed by atoms with E-state index in [0.717, 1.165) is 32.1 Å². The molecule has 0 aromatic rings. The highest BCUT2D eigenvalue weighted by Gasteiger charge is 2.38. The molecule has 0 aromatic heterocycles. The molecule has 0 bridgehead atoms. The van der Waals surface area contributed by atoms with Gasteiger partial charge in [0.15, 0.2) is 0 Å². The molecule has 0 unspecified atom stereocenters. The van der Waals surface area contributed by atoms with Gasteiger partial charge >= 0.3 is 0 Å². The zero-order chi connectivity index (χ0) is 12.3. The van der Waals surface area contributed by atoms with Gasteiger partial charge in [-0.25, -0.2) is 0 Å². The number of hydrogen-bond donors (Lipinski definition) is 2. The highest BCUT2D eigenvalue weighted by molar-refractivity contribution is 5.78. The van der Waals surface area contributed by atoms with Crippen LogP contribution in [-0.2, 0) is 4.79 Å². The molecule has 3 N–H and O–H groups in total. The molecular formula is C13H24N2O2. The summed E-state index contributed by atoms with van der Waals surface area (Å²) < 4.78 is 0. The Hall–Kier alpha value is -0.610. The third kappa shape index (κ3) is 2.99. The molecule has 0 radical (unpaired) electrons. The molecule has 0 aliphatic heterocycles. The third-order valence-electron chi connectivity index (χ3n) is 4.25. The van der Waals surface area contributed by atoms with Crippen molar-refractivity contribution in [3.63, 3.8) is 0 Å². The lowest BCUT2D eigenvalue weighted by molar-refractivity contribution is -0.137. The van der Waals surface area contributed by atoms with Gasteiger partial charge in [-0.15, -0.1) is 0 Å². The molecular weight excluding hydrogens is 216 g/mol. The maximum atomic E-state index is 12.3. The minimum atomic E-state index is -0.224. The van der Waals surface area contributed by atoms with Crippen molar-refractivity contribution in [2.75, 3.05) is 13.2 Å². The maximum absolute atomic E-state index is 12.3. The summed E-state index contributed by atoms with van der Waals surface area (Å²) in [5, 5.41) is 8.90. The fraction of sp³-hybridized carbons (Fsp3) is 0.923. The second-order valence-corrected chi connectivity index (χ2v) is 5.64. The van der Waals surface area contributed by atoms with Gasteiger partial charge in [0.1, 0.15) is 0 Å². The van der Waals surface area contributed by atoms with E-state index in [2.05, 4.69) is 0 Å². The lowest BCUT2D eigenvalue weighted by Crippen LogP contribution is -2.53. The van der Waals surface area contributed by atoms with Gasteiger partial charge < -0.3 is 15.7 Å². The molecule has 2 rings (SSSR count).